The van der Waals surface area contributed by atoms with Crippen LogP contribution < -0.4 is 5.32 Å². The van der Waals surface area contributed by atoms with Crippen LogP contribution in [0, 0.1) is 0 Å². The summed E-state index contributed by atoms with van der Waals surface area (Å²) in [5, 5.41) is 4.40. The second kappa shape index (κ2) is 6.01. The number of rotatable bonds is 6. The molecular weight excluding hydrogens is 228 g/mol. The Kier molecular flexibility index (Phi) is 4.37. The SMILES string of the molecule is CCCCc1ccc2nc(NCCC)sc2c1. The second-order valence-electron chi connectivity index (χ2n) is 4.35. The molecule has 0 atom stereocenters. The van der Waals surface area contributed by atoms with Crippen LogP contribution in [-0.4, -0.2) is 11.5 Å². The topological polar surface area (TPSA) is 24.9 Å². The molecule has 0 saturated heterocycles. The van der Waals surface area contributed by atoms with Crippen molar-refractivity contribution in [2.24, 2.45) is 0 Å². The minimum Gasteiger partial charge on any atom is -0.361 e. The number of anilines is 1. The fourth-order valence-corrected chi connectivity index (χ4v) is 2.77. The number of hydrogen-bond donors (Lipinski definition) is 1. The normalized spacial score (nSPS) is 10.9. The van der Waals surface area contributed by atoms with Gasteiger partial charge < -0.3 is 5.32 Å². The maximum Gasteiger partial charge on any atom is 0.183 e. The van der Waals surface area contributed by atoms with Gasteiger partial charge in [-0.3, -0.25) is 0 Å². The van der Waals surface area contributed by atoms with E-state index in [1.807, 2.05) is 0 Å². The van der Waals surface area contributed by atoms with Gasteiger partial charge in [-0.1, -0.05) is 37.7 Å². The standard InChI is InChI=1S/C14H20N2S/c1-3-5-6-11-7-8-12-13(10-11)17-14(16-12)15-9-4-2/h7-8,10H,3-6,9H2,1-2H3,(H,15,16). The number of thiazole rings is 1. The Morgan fingerprint density at radius 1 is 1.24 bits per heavy atom. The summed E-state index contributed by atoms with van der Waals surface area (Å²) in [6.45, 7) is 5.41. The van der Waals surface area contributed by atoms with E-state index in [9.17, 15) is 0 Å². The Morgan fingerprint density at radius 2 is 2.12 bits per heavy atom. The lowest BCUT2D eigenvalue weighted by Gasteiger charge is -1.98. The summed E-state index contributed by atoms with van der Waals surface area (Å²) in [6.07, 6.45) is 4.84. The minimum absolute atomic E-state index is 1.00. The molecule has 1 aromatic carbocycles. The highest BCUT2D eigenvalue weighted by molar-refractivity contribution is 7.22. The molecule has 17 heavy (non-hydrogen) atoms. The average molecular weight is 248 g/mol. The zero-order valence-electron chi connectivity index (χ0n) is 10.6. The van der Waals surface area contributed by atoms with Crippen LogP contribution >= 0.6 is 11.3 Å². The lowest BCUT2D eigenvalue weighted by atomic mass is 10.1. The van der Waals surface area contributed by atoms with Crippen LogP contribution in [0.15, 0.2) is 18.2 Å². The fraction of sp³-hybridized carbons (Fsp3) is 0.500. The molecule has 0 spiro atoms. The molecule has 2 nitrogen and oxygen atoms in total. The first-order valence-corrected chi connectivity index (χ1v) is 7.28. The molecule has 2 aromatic rings. The summed E-state index contributed by atoms with van der Waals surface area (Å²) in [7, 11) is 0. The van der Waals surface area contributed by atoms with Gasteiger partial charge in [0.2, 0.25) is 0 Å². The van der Waals surface area contributed by atoms with Crippen LogP contribution in [0.3, 0.4) is 0 Å². The summed E-state index contributed by atoms with van der Waals surface area (Å²) in [4.78, 5) is 4.58. The van der Waals surface area contributed by atoms with Crippen molar-refractivity contribution in [2.75, 3.05) is 11.9 Å². The number of aromatic nitrogens is 1. The van der Waals surface area contributed by atoms with Crippen molar-refractivity contribution < 1.29 is 0 Å². The van der Waals surface area contributed by atoms with Crippen molar-refractivity contribution in [2.45, 2.75) is 39.5 Å². The highest BCUT2D eigenvalue weighted by Crippen LogP contribution is 2.27. The van der Waals surface area contributed by atoms with E-state index in [2.05, 4.69) is 42.3 Å². The van der Waals surface area contributed by atoms with Gasteiger partial charge in [-0.2, -0.15) is 0 Å². The van der Waals surface area contributed by atoms with Gasteiger partial charge in [0, 0.05) is 6.54 Å². The van der Waals surface area contributed by atoms with Gasteiger partial charge in [0.25, 0.3) is 0 Å². The van der Waals surface area contributed by atoms with E-state index in [4.69, 9.17) is 0 Å². The van der Waals surface area contributed by atoms with E-state index in [1.54, 1.807) is 11.3 Å². The van der Waals surface area contributed by atoms with E-state index >= 15 is 0 Å². The van der Waals surface area contributed by atoms with Gasteiger partial charge in [0.1, 0.15) is 0 Å². The van der Waals surface area contributed by atoms with Crippen LogP contribution in [0.4, 0.5) is 5.13 Å². The molecule has 3 heteroatoms. The van der Waals surface area contributed by atoms with Crippen LogP contribution in [0.1, 0.15) is 38.7 Å². The summed E-state index contributed by atoms with van der Waals surface area (Å²) in [5.74, 6) is 0. The second-order valence-corrected chi connectivity index (χ2v) is 5.38. The van der Waals surface area contributed by atoms with Crippen LogP contribution in [0.25, 0.3) is 10.2 Å². The number of unbranched alkanes of at least 4 members (excludes halogenated alkanes) is 1. The molecule has 0 bridgehead atoms. The van der Waals surface area contributed by atoms with E-state index in [0.717, 1.165) is 23.6 Å². The van der Waals surface area contributed by atoms with Crippen molar-refractivity contribution in [3.05, 3.63) is 23.8 Å². The number of nitrogens with zero attached hydrogens (tertiary/aromatic N) is 1. The predicted octanol–water partition coefficient (Wildman–Crippen LogP) is 4.46. The molecule has 0 aliphatic rings. The van der Waals surface area contributed by atoms with E-state index in [1.165, 1.54) is 29.5 Å². The molecule has 1 aromatic heterocycles. The van der Waals surface area contributed by atoms with E-state index < -0.39 is 0 Å². The molecule has 1 heterocycles. The van der Waals surface area contributed by atoms with Gasteiger partial charge in [0.05, 0.1) is 10.2 Å². The molecule has 92 valence electrons. The van der Waals surface area contributed by atoms with E-state index in [0.29, 0.717) is 0 Å². The van der Waals surface area contributed by atoms with Crippen molar-refractivity contribution in [3.8, 4) is 0 Å². The molecule has 0 aliphatic heterocycles. The molecular formula is C14H20N2S. The summed E-state index contributed by atoms with van der Waals surface area (Å²) >= 11 is 1.76. The lowest BCUT2D eigenvalue weighted by Crippen LogP contribution is -1.98. The zero-order valence-corrected chi connectivity index (χ0v) is 11.4. The quantitative estimate of drug-likeness (QED) is 0.816. The molecule has 1 N–H and O–H groups in total. The molecule has 0 unspecified atom stereocenters. The average Bonchev–Trinajstić information content (AvgIpc) is 2.75. The Morgan fingerprint density at radius 3 is 2.88 bits per heavy atom. The number of nitrogens with one attached hydrogen (secondary N) is 1. The number of hydrogen-bond acceptors (Lipinski definition) is 3. The molecule has 0 fully saturated rings. The molecule has 0 amide bonds. The smallest absolute Gasteiger partial charge is 0.183 e. The van der Waals surface area contributed by atoms with Gasteiger partial charge in [-0.05, 0) is 37.0 Å². The molecule has 0 radical (unpaired) electrons. The number of aryl methyl sites for hydroxylation is 1. The van der Waals surface area contributed by atoms with Gasteiger partial charge in [-0.25, -0.2) is 4.98 Å². The van der Waals surface area contributed by atoms with Crippen molar-refractivity contribution >= 4 is 26.7 Å². The van der Waals surface area contributed by atoms with Gasteiger partial charge in [-0.15, -0.1) is 0 Å². The third-order valence-corrected chi connectivity index (χ3v) is 3.77. The Balaban J connectivity index is 2.15. The molecule has 2 rings (SSSR count). The predicted molar refractivity (Wildman–Crippen MR) is 77.0 cm³/mol. The first kappa shape index (κ1) is 12.4. The van der Waals surface area contributed by atoms with Gasteiger partial charge in [0.15, 0.2) is 5.13 Å². The van der Waals surface area contributed by atoms with Crippen LogP contribution in [0.5, 0.6) is 0 Å². The van der Waals surface area contributed by atoms with Crippen molar-refractivity contribution in [1.29, 1.82) is 0 Å². The summed E-state index contributed by atoms with van der Waals surface area (Å²) in [6, 6.07) is 6.65. The highest BCUT2D eigenvalue weighted by Gasteiger charge is 2.03. The summed E-state index contributed by atoms with van der Waals surface area (Å²) < 4.78 is 1.30. The maximum absolute atomic E-state index is 4.58. The monoisotopic (exact) mass is 248 g/mol. The van der Waals surface area contributed by atoms with Crippen molar-refractivity contribution in [3.63, 3.8) is 0 Å². The minimum atomic E-state index is 1.00. The highest BCUT2D eigenvalue weighted by atomic mass is 32.1. The summed E-state index contributed by atoms with van der Waals surface area (Å²) in [5.41, 5.74) is 2.55. The largest absolute Gasteiger partial charge is 0.361 e. The lowest BCUT2D eigenvalue weighted by molar-refractivity contribution is 0.796. The first-order chi connectivity index (χ1) is 8.33. The van der Waals surface area contributed by atoms with Crippen LogP contribution in [0.2, 0.25) is 0 Å². The Bertz CT molecular complexity index is 470. The number of fused-ring (bicyclic) bond motifs is 1. The number of benzene rings is 1. The first-order valence-electron chi connectivity index (χ1n) is 6.46. The fourth-order valence-electron chi connectivity index (χ4n) is 1.81. The van der Waals surface area contributed by atoms with Gasteiger partial charge >= 0.3 is 0 Å². The van der Waals surface area contributed by atoms with Crippen molar-refractivity contribution in [1.82, 2.24) is 4.98 Å². The maximum atomic E-state index is 4.58. The molecule has 0 aliphatic carbocycles. The Labute approximate surface area is 107 Å². The van der Waals surface area contributed by atoms with E-state index in [-0.39, 0.29) is 0 Å². The molecule has 0 saturated carbocycles. The van der Waals surface area contributed by atoms with Crippen LogP contribution in [-0.2, 0) is 6.42 Å². The zero-order chi connectivity index (χ0) is 12.1. The third-order valence-electron chi connectivity index (χ3n) is 2.80. The Hall–Kier alpha value is -1.09. The third kappa shape index (κ3) is 3.19.